The molecular weight excluding hydrogens is 348 g/mol. The van der Waals surface area contributed by atoms with Crippen molar-refractivity contribution in [3.8, 4) is 0 Å². The van der Waals surface area contributed by atoms with E-state index in [1.165, 1.54) is 4.31 Å². The van der Waals surface area contributed by atoms with Gasteiger partial charge < -0.3 is 10.4 Å². The highest BCUT2D eigenvalue weighted by molar-refractivity contribution is 7.89. The number of amides is 1. The van der Waals surface area contributed by atoms with Gasteiger partial charge in [-0.3, -0.25) is 9.59 Å². The fraction of sp³-hybridized carbons (Fsp3) is 0.812. The molecule has 2 fully saturated rings. The van der Waals surface area contributed by atoms with Crippen molar-refractivity contribution in [3.63, 3.8) is 0 Å². The lowest BCUT2D eigenvalue weighted by atomic mass is 10.0. The number of carbonyl (C=O) groups excluding carboxylic acids is 2. The molecule has 142 valence electrons. The van der Waals surface area contributed by atoms with Crippen molar-refractivity contribution in [2.24, 2.45) is 0 Å². The molecular formula is C16H26N2O6S. The predicted molar refractivity (Wildman–Crippen MR) is 90.4 cm³/mol. The van der Waals surface area contributed by atoms with E-state index in [0.29, 0.717) is 32.1 Å². The topological polar surface area (TPSA) is 121 Å². The minimum atomic E-state index is -3.62. The highest BCUT2D eigenvalue weighted by atomic mass is 32.2. The monoisotopic (exact) mass is 374 g/mol. The van der Waals surface area contributed by atoms with Crippen LogP contribution in [0.3, 0.4) is 0 Å². The van der Waals surface area contributed by atoms with E-state index in [0.717, 1.165) is 26.2 Å². The number of aliphatic carboxylic acids is 1. The van der Waals surface area contributed by atoms with Crippen LogP contribution in [0.15, 0.2) is 0 Å². The molecule has 0 spiro atoms. The van der Waals surface area contributed by atoms with Crippen LogP contribution in [0.1, 0.15) is 58.3 Å². The molecule has 0 aromatic heterocycles. The Hall–Kier alpha value is -1.48. The van der Waals surface area contributed by atoms with E-state index < -0.39 is 45.0 Å². The van der Waals surface area contributed by atoms with Gasteiger partial charge in [0.1, 0.15) is 6.04 Å². The summed E-state index contributed by atoms with van der Waals surface area (Å²) in [5.41, 5.74) is 0. The minimum absolute atomic E-state index is 0.259. The maximum atomic E-state index is 13.0. The van der Waals surface area contributed by atoms with Gasteiger partial charge in [0.25, 0.3) is 0 Å². The summed E-state index contributed by atoms with van der Waals surface area (Å²) in [4.78, 5) is 35.0. The van der Waals surface area contributed by atoms with Crippen LogP contribution in [0.2, 0.25) is 0 Å². The summed E-state index contributed by atoms with van der Waals surface area (Å²) in [6, 6.07) is -2.59. The fourth-order valence-electron chi connectivity index (χ4n) is 3.60. The van der Waals surface area contributed by atoms with Crippen molar-refractivity contribution in [3.05, 3.63) is 0 Å². The van der Waals surface area contributed by atoms with Crippen LogP contribution in [0.25, 0.3) is 0 Å². The number of nitrogens with zero attached hydrogens (tertiary/aromatic N) is 1. The second-order valence-corrected chi connectivity index (χ2v) is 8.98. The zero-order valence-electron chi connectivity index (χ0n) is 14.4. The summed E-state index contributed by atoms with van der Waals surface area (Å²) in [5.74, 6) is -2.85. The molecule has 2 unspecified atom stereocenters. The summed E-state index contributed by atoms with van der Waals surface area (Å²) in [7, 11) is -3.62. The first kappa shape index (κ1) is 19.8. The third-order valence-corrected chi connectivity index (χ3v) is 7.40. The first-order chi connectivity index (χ1) is 11.7. The molecule has 2 rings (SSSR count). The Kier molecular flexibility index (Phi) is 6.56. The van der Waals surface area contributed by atoms with Gasteiger partial charge in [-0.1, -0.05) is 25.7 Å². The van der Waals surface area contributed by atoms with Crippen molar-refractivity contribution in [2.45, 2.75) is 75.6 Å². The normalized spacial score (nSPS) is 24.4. The Morgan fingerprint density at radius 3 is 2.20 bits per heavy atom. The molecule has 1 aliphatic carbocycles. The first-order valence-electron chi connectivity index (χ1n) is 8.79. The molecule has 1 amide bonds. The number of nitrogens with one attached hydrogen (secondary N) is 1. The van der Waals surface area contributed by atoms with Gasteiger partial charge in [-0.15, -0.1) is 0 Å². The lowest BCUT2D eigenvalue weighted by Gasteiger charge is -2.37. The standard InChI is InChI=1S/C16H26N2O6S/c1-11(19)14(16(21)22)17-15(20)13-9-5-6-10-18(13)25(23,24)12-7-3-2-4-8-12/h12-14H,2-10H2,1H3,(H,17,20)(H,21,22). The van der Waals surface area contributed by atoms with Crippen LogP contribution in [-0.4, -0.2) is 59.4 Å². The Balaban J connectivity index is 2.17. The third kappa shape index (κ3) is 4.58. The molecule has 1 heterocycles. The molecule has 25 heavy (non-hydrogen) atoms. The van der Waals surface area contributed by atoms with Crippen molar-refractivity contribution in [1.82, 2.24) is 9.62 Å². The van der Waals surface area contributed by atoms with Gasteiger partial charge in [-0.25, -0.2) is 13.2 Å². The van der Waals surface area contributed by atoms with Gasteiger partial charge in [0.15, 0.2) is 11.8 Å². The van der Waals surface area contributed by atoms with Gasteiger partial charge in [0, 0.05) is 6.54 Å². The Morgan fingerprint density at radius 1 is 1.04 bits per heavy atom. The number of Topliss-reactive ketones (excluding diaryl/α,β-unsaturated/α-hetero) is 1. The molecule has 0 aromatic rings. The van der Waals surface area contributed by atoms with Gasteiger partial charge in [0.05, 0.1) is 5.25 Å². The van der Waals surface area contributed by atoms with Gasteiger partial charge in [0.2, 0.25) is 15.9 Å². The van der Waals surface area contributed by atoms with E-state index in [9.17, 15) is 22.8 Å². The molecule has 9 heteroatoms. The number of carboxylic acid groups (broad SMARTS) is 1. The molecule has 8 nitrogen and oxygen atoms in total. The lowest BCUT2D eigenvalue weighted by Crippen LogP contribution is -2.57. The number of piperidine rings is 1. The molecule has 1 saturated carbocycles. The van der Waals surface area contributed by atoms with E-state index in [1.807, 2.05) is 0 Å². The Morgan fingerprint density at radius 2 is 1.64 bits per heavy atom. The van der Waals surface area contributed by atoms with Crippen LogP contribution < -0.4 is 5.32 Å². The Bertz CT molecular complexity index is 613. The first-order valence-corrected chi connectivity index (χ1v) is 10.3. The second kappa shape index (κ2) is 8.27. The van der Waals surface area contributed by atoms with Crippen molar-refractivity contribution in [2.75, 3.05) is 6.54 Å². The minimum Gasteiger partial charge on any atom is -0.479 e. The molecule has 2 N–H and O–H groups in total. The summed E-state index contributed by atoms with van der Waals surface area (Å²) in [6.45, 7) is 1.34. The summed E-state index contributed by atoms with van der Waals surface area (Å²) in [6.07, 6.45) is 5.63. The highest BCUT2D eigenvalue weighted by Gasteiger charge is 2.42. The smallest absolute Gasteiger partial charge is 0.334 e. The summed E-state index contributed by atoms with van der Waals surface area (Å²) in [5, 5.41) is 10.8. The number of rotatable bonds is 6. The van der Waals surface area contributed by atoms with Crippen LogP contribution in [0.5, 0.6) is 0 Å². The van der Waals surface area contributed by atoms with Gasteiger partial charge in [-0.2, -0.15) is 4.31 Å². The van der Waals surface area contributed by atoms with Crippen LogP contribution in [0.4, 0.5) is 0 Å². The quantitative estimate of drug-likeness (QED) is 0.659. The van der Waals surface area contributed by atoms with Crippen LogP contribution >= 0.6 is 0 Å². The molecule has 0 radical (unpaired) electrons. The molecule has 0 bridgehead atoms. The fourth-order valence-corrected chi connectivity index (χ4v) is 5.85. The second-order valence-electron chi connectivity index (χ2n) is 6.82. The summed E-state index contributed by atoms with van der Waals surface area (Å²) < 4.78 is 27.2. The van der Waals surface area contributed by atoms with Crippen LogP contribution in [0, 0.1) is 0 Å². The molecule has 2 aliphatic rings. The molecule has 0 aromatic carbocycles. The average Bonchev–Trinajstić information content (AvgIpc) is 2.59. The maximum Gasteiger partial charge on any atom is 0.334 e. The van der Waals surface area contributed by atoms with E-state index in [4.69, 9.17) is 5.11 Å². The average molecular weight is 374 g/mol. The molecule has 2 atom stereocenters. The van der Waals surface area contributed by atoms with E-state index in [2.05, 4.69) is 5.32 Å². The lowest BCUT2D eigenvalue weighted by molar-refractivity contribution is -0.146. The number of hydrogen-bond acceptors (Lipinski definition) is 5. The zero-order valence-corrected chi connectivity index (χ0v) is 15.3. The number of sulfonamides is 1. The number of hydrogen-bond donors (Lipinski definition) is 2. The molecule has 1 saturated heterocycles. The third-order valence-electron chi connectivity index (χ3n) is 5.00. The number of carboxylic acids is 1. The van der Waals surface area contributed by atoms with Crippen molar-refractivity contribution >= 4 is 27.7 Å². The number of carbonyl (C=O) groups is 3. The molecule has 1 aliphatic heterocycles. The maximum absolute atomic E-state index is 13.0. The van der Waals surface area contributed by atoms with Gasteiger partial charge >= 0.3 is 5.97 Å². The van der Waals surface area contributed by atoms with Crippen molar-refractivity contribution < 1.29 is 27.9 Å². The Labute approximate surface area is 148 Å². The van der Waals surface area contributed by atoms with Gasteiger partial charge in [-0.05, 0) is 32.6 Å². The van der Waals surface area contributed by atoms with E-state index >= 15 is 0 Å². The SMILES string of the molecule is CC(=O)C(NC(=O)C1CCCCN1S(=O)(=O)C1CCCCC1)C(=O)O. The van der Waals surface area contributed by atoms with Crippen molar-refractivity contribution in [1.29, 1.82) is 0 Å². The van der Waals surface area contributed by atoms with E-state index in [1.54, 1.807) is 0 Å². The van der Waals surface area contributed by atoms with E-state index in [-0.39, 0.29) is 6.54 Å². The predicted octanol–water partition coefficient (Wildman–Crippen LogP) is 0.662. The highest BCUT2D eigenvalue weighted by Crippen LogP contribution is 2.30. The largest absolute Gasteiger partial charge is 0.479 e. The zero-order chi connectivity index (χ0) is 18.6. The van der Waals surface area contributed by atoms with Crippen LogP contribution in [-0.2, 0) is 24.4 Å². The summed E-state index contributed by atoms with van der Waals surface area (Å²) >= 11 is 0. The number of ketones is 1.